The summed E-state index contributed by atoms with van der Waals surface area (Å²) in [5, 5.41) is 30.6. The molecular weight excluding hydrogens is 460 g/mol. The van der Waals surface area contributed by atoms with E-state index in [1.807, 2.05) is 0 Å². The first kappa shape index (κ1) is 25.9. The molecule has 6 N–H and O–H groups in total. The molecule has 2 aliphatic heterocycles. The number of carboxylic acids is 2. The standard InChI is InChI=1S/C23H30N4O8/c24-15(12-19(29)30)21(32)26-9-1-3-17(26)20(31)25-16(11-13-5-7-14(28)8-6-13)22(33)27-10-2-4-18(27)23(34)35/h5-8,15-18,28H,1-4,9-12,24H2,(H,25,31)(H,29,30)(H,34,35). The zero-order chi connectivity index (χ0) is 25.7. The third-order valence-corrected chi connectivity index (χ3v) is 6.36. The van der Waals surface area contributed by atoms with Crippen LogP contribution in [0.3, 0.4) is 0 Å². The first-order valence-electron chi connectivity index (χ1n) is 11.5. The fourth-order valence-corrected chi connectivity index (χ4v) is 4.61. The molecule has 4 atom stereocenters. The maximum atomic E-state index is 13.4. The van der Waals surface area contributed by atoms with Crippen LogP contribution in [0.1, 0.15) is 37.7 Å². The number of amides is 3. The molecule has 0 aliphatic carbocycles. The smallest absolute Gasteiger partial charge is 0.326 e. The second-order valence-corrected chi connectivity index (χ2v) is 8.85. The average Bonchev–Trinajstić information content (AvgIpc) is 3.48. The summed E-state index contributed by atoms with van der Waals surface area (Å²) in [6.45, 7) is 0.476. The maximum Gasteiger partial charge on any atom is 0.326 e. The van der Waals surface area contributed by atoms with Crippen molar-refractivity contribution in [2.75, 3.05) is 13.1 Å². The fraction of sp³-hybridized carbons (Fsp3) is 0.522. The van der Waals surface area contributed by atoms with Crippen molar-refractivity contribution in [3.63, 3.8) is 0 Å². The summed E-state index contributed by atoms with van der Waals surface area (Å²) >= 11 is 0. The van der Waals surface area contributed by atoms with Gasteiger partial charge in [0.05, 0.1) is 12.5 Å². The van der Waals surface area contributed by atoms with Gasteiger partial charge in [-0.3, -0.25) is 19.2 Å². The van der Waals surface area contributed by atoms with Gasteiger partial charge >= 0.3 is 11.9 Å². The van der Waals surface area contributed by atoms with Gasteiger partial charge in [0.15, 0.2) is 0 Å². The number of nitrogens with two attached hydrogens (primary N) is 1. The van der Waals surface area contributed by atoms with Crippen molar-refractivity contribution in [2.45, 2.75) is 62.7 Å². The van der Waals surface area contributed by atoms with Crippen LogP contribution in [0.5, 0.6) is 5.75 Å². The largest absolute Gasteiger partial charge is 0.508 e. The molecular formula is C23H30N4O8. The number of nitrogens with zero attached hydrogens (tertiary/aromatic N) is 2. The first-order chi connectivity index (χ1) is 16.6. The van der Waals surface area contributed by atoms with E-state index in [2.05, 4.69) is 5.32 Å². The minimum Gasteiger partial charge on any atom is -0.508 e. The van der Waals surface area contributed by atoms with E-state index in [-0.39, 0.29) is 25.3 Å². The number of nitrogens with one attached hydrogen (secondary N) is 1. The van der Waals surface area contributed by atoms with Crippen molar-refractivity contribution < 1.29 is 39.3 Å². The Morgan fingerprint density at radius 1 is 0.943 bits per heavy atom. The molecule has 190 valence electrons. The van der Waals surface area contributed by atoms with Crippen LogP contribution in [-0.4, -0.2) is 92.0 Å². The number of carboxylic acid groups (broad SMARTS) is 2. The predicted molar refractivity (Wildman–Crippen MR) is 121 cm³/mol. The van der Waals surface area contributed by atoms with Crippen LogP contribution in [0.2, 0.25) is 0 Å². The number of phenolic OH excluding ortho intramolecular Hbond substituents is 1. The normalized spacial score (nSPS) is 21.4. The van der Waals surface area contributed by atoms with Crippen LogP contribution < -0.4 is 11.1 Å². The molecule has 1 aromatic carbocycles. The highest BCUT2D eigenvalue weighted by atomic mass is 16.4. The van der Waals surface area contributed by atoms with E-state index in [9.17, 15) is 34.2 Å². The van der Waals surface area contributed by atoms with Crippen LogP contribution in [0.15, 0.2) is 24.3 Å². The molecule has 2 fully saturated rings. The van der Waals surface area contributed by atoms with E-state index in [0.29, 0.717) is 31.2 Å². The molecule has 35 heavy (non-hydrogen) atoms. The van der Waals surface area contributed by atoms with Crippen molar-refractivity contribution in [3.05, 3.63) is 29.8 Å². The predicted octanol–water partition coefficient (Wildman–Crippen LogP) is -0.712. The summed E-state index contributed by atoms with van der Waals surface area (Å²) in [6.07, 6.45) is 1.14. The zero-order valence-electron chi connectivity index (χ0n) is 19.1. The number of carbonyl (C=O) groups excluding carboxylic acids is 3. The van der Waals surface area contributed by atoms with E-state index in [0.717, 1.165) is 0 Å². The molecule has 0 aromatic heterocycles. The van der Waals surface area contributed by atoms with Crippen molar-refractivity contribution in [3.8, 4) is 5.75 Å². The Hall–Kier alpha value is -3.67. The van der Waals surface area contributed by atoms with Gasteiger partial charge in [0.1, 0.15) is 23.9 Å². The second-order valence-electron chi connectivity index (χ2n) is 8.85. The average molecular weight is 491 g/mol. The van der Waals surface area contributed by atoms with Crippen molar-refractivity contribution in [1.82, 2.24) is 15.1 Å². The van der Waals surface area contributed by atoms with Gasteiger partial charge in [-0.15, -0.1) is 0 Å². The lowest BCUT2D eigenvalue weighted by Gasteiger charge is -2.30. The Labute approximate surface area is 201 Å². The van der Waals surface area contributed by atoms with Gasteiger partial charge in [-0.1, -0.05) is 12.1 Å². The van der Waals surface area contributed by atoms with Crippen molar-refractivity contribution >= 4 is 29.7 Å². The number of aromatic hydroxyl groups is 1. The summed E-state index contributed by atoms with van der Waals surface area (Å²) in [7, 11) is 0. The number of hydrogen-bond acceptors (Lipinski definition) is 7. The highest BCUT2D eigenvalue weighted by molar-refractivity contribution is 5.95. The molecule has 4 unspecified atom stereocenters. The van der Waals surface area contributed by atoms with Crippen LogP contribution in [0.4, 0.5) is 0 Å². The van der Waals surface area contributed by atoms with Gasteiger partial charge in [-0.25, -0.2) is 4.79 Å². The van der Waals surface area contributed by atoms with Crippen LogP contribution in [0.25, 0.3) is 0 Å². The van der Waals surface area contributed by atoms with E-state index < -0.39 is 60.2 Å². The molecule has 0 spiro atoms. The molecule has 0 bridgehead atoms. The molecule has 2 heterocycles. The molecule has 12 heteroatoms. The van der Waals surface area contributed by atoms with Crippen LogP contribution in [0, 0.1) is 0 Å². The molecule has 3 amide bonds. The monoisotopic (exact) mass is 490 g/mol. The van der Waals surface area contributed by atoms with Gasteiger partial charge in [-0.2, -0.15) is 0 Å². The Morgan fingerprint density at radius 3 is 2.09 bits per heavy atom. The SMILES string of the molecule is NC(CC(=O)O)C(=O)N1CCCC1C(=O)NC(Cc1ccc(O)cc1)C(=O)N1CCCC1C(=O)O. The molecule has 0 saturated carbocycles. The molecule has 2 saturated heterocycles. The molecule has 0 radical (unpaired) electrons. The van der Waals surface area contributed by atoms with E-state index >= 15 is 0 Å². The number of hydrogen-bond donors (Lipinski definition) is 5. The Morgan fingerprint density at radius 2 is 1.51 bits per heavy atom. The number of phenols is 1. The number of carbonyl (C=O) groups is 5. The summed E-state index contributed by atoms with van der Waals surface area (Å²) in [4.78, 5) is 64.3. The fourth-order valence-electron chi connectivity index (χ4n) is 4.61. The lowest BCUT2D eigenvalue weighted by Crippen LogP contribution is -2.57. The van der Waals surface area contributed by atoms with Gasteiger partial charge < -0.3 is 36.2 Å². The molecule has 3 rings (SSSR count). The highest BCUT2D eigenvalue weighted by Crippen LogP contribution is 2.22. The summed E-state index contributed by atoms with van der Waals surface area (Å²) in [5.74, 6) is -4.12. The van der Waals surface area contributed by atoms with Crippen molar-refractivity contribution in [1.29, 1.82) is 0 Å². The minimum absolute atomic E-state index is 0.0314. The number of likely N-dealkylation sites (tertiary alicyclic amines) is 2. The second kappa shape index (κ2) is 11.2. The molecule has 2 aliphatic rings. The first-order valence-corrected chi connectivity index (χ1v) is 11.5. The Balaban J connectivity index is 1.79. The van der Waals surface area contributed by atoms with Gasteiger partial charge in [0.2, 0.25) is 17.7 Å². The van der Waals surface area contributed by atoms with E-state index in [4.69, 9.17) is 10.8 Å². The third-order valence-electron chi connectivity index (χ3n) is 6.36. The lowest BCUT2D eigenvalue weighted by atomic mass is 10.0. The summed E-state index contributed by atoms with van der Waals surface area (Å²) < 4.78 is 0. The topological polar surface area (TPSA) is 191 Å². The lowest BCUT2D eigenvalue weighted by molar-refractivity contribution is -0.149. The molecule has 1 aromatic rings. The minimum atomic E-state index is -1.30. The summed E-state index contributed by atoms with van der Waals surface area (Å²) in [6, 6.07) is 1.76. The van der Waals surface area contributed by atoms with Crippen LogP contribution in [-0.2, 0) is 30.4 Å². The Bertz CT molecular complexity index is 982. The van der Waals surface area contributed by atoms with E-state index in [1.165, 1.54) is 21.9 Å². The quantitative estimate of drug-likeness (QED) is 0.297. The number of aliphatic carboxylic acids is 2. The third kappa shape index (κ3) is 6.27. The summed E-state index contributed by atoms with van der Waals surface area (Å²) in [5.41, 5.74) is 6.34. The number of rotatable bonds is 9. The maximum absolute atomic E-state index is 13.4. The van der Waals surface area contributed by atoms with Gasteiger partial charge in [0, 0.05) is 19.5 Å². The van der Waals surface area contributed by atoms with Crippen LogP contribution >= 0.6 is 0 Å². The zero-order valence-corrected chi connectivity index (χ0v) is 19.1. The molecule has 12 nitrogen and oxygen atoms in total. The number of benzene rings is 1. The van der Waals surface area contributed by atoms with E-state index in [1.54, 1.807) is 12.1 Å². The highest BCUT2D eigenvalue weighted by Gasteiger charge is 2.41. The van der Waals surface area contributed by atoms with Gasteiger partial charge in [0.25, 0.3) is 0 Å². The van der Waals surface area contributed by atoms with Gasteiger partial charge in [-0.05, 0) is 43.4 Å². The Kier molecular flexibility index (Phi) is 8.28. The van der Waals surface area contributed by atoms with Crippen molar-refractivity contribution in [2.24, 2.45) is 5.73 Å².